The number of imidazole rings is 1. The Labute approximate surface area is 167 Å². The van der Waals surface area contributed by atoms with E-state index in [2.05, 4.69) is 23.3 Å². The Kier molecular flexibility index (Phi) is 5.84. The molecular weight excluding hydrogens is 380 g/mol. The van der Waals surface area contributed by atoms with Crippen LogP contribution in [0.3, 0.4) is 0 Å². The summed E-state index contributed by atoms with van der Waals surface area (Å²) >= 11 is 7.28. The lowest BCUT2D eigenvalue weighted by atomic mass is 10.1. The van der Waals surface area contributed by atoms with Gasteiger partial charge in [-0.1, -0.05) is 41.1 Å². The Balaban J connectivity index is 1.71. The summed E-state index contributed by atoms with van der Waals surface area (Å²) in [4.78, 5) is 16.7. The number of thioether (sulfide) groups is 1. The number of amides is 1. The molecule has 5 nitrogen and oxygen atoms in total. The van der Waals surface area contributed by atoms with E-state index < -0.39 is 0 Å². The van der Waals surface area contributed by atoms with Crippen molar-refractivity contribution in [3.8, 4) is 11.8 Å². The molecular formula is C20H17ClN4OS. The van der Waals surface area contributed by atoms with Gasteiger partial charge in [0.15, 0.2) is 5.16 Å². The first kappa shape index (κ1) is 19.0. The van der Waals surface area contributed by atoms with Gasteiger partial charge < -0.3 is 5.32 Å². The van der Waals surface area contributed by atoms with Crippen LogP contribution in [0.4, 0.5) is 5.69 Å². The first-order valence-corrected chi connectivity index (χ1v) is 9.57. The third-order valence-electron chi connectivity index (χ3n) is 3.93. The number of carbonyl (C=O) groups is 1. The summed E-state index contributed by atoms with van der Waals surface area (Å²) in [7, 11) is 0. The van der Waals surface area contributed by atoms with Crippen LogP contribution in [0, 0.1) is 25.2 Å². The van der Waals surface area contributed by atoms with Gasteiger partial charge in [-0.3, -0.25) is 9.36 Å². The van der Waals surface area contributed by atoms with Crippen LogP contribution in [-0.4, -0.2) is 21.2 Å². The zero-order valence-electron chi connectivity index (χ0n) is 14.9. The highest BCUT2D eigenvalue weighted by Crippen LogP contribution is 2.24. The third kappa shape index (κ3) is 4.51. The van der Waals surface area contributed by atoms with E-state index in [0.717, 1.165) is 16.4 Å². The lowest BCUT2D eigenvalue weighted by Crippen LogP contribution is -2.15. The molecule has 2 aromatic carbocycles. The molecule has 0 aliphatic heterocycles. The van der Waals surface area contributed by atoms with E-state index in [9.17, 15) is 4.79 Å². The van der Waals surface area contributed by atoms with Crippen molar-refractivity contribution in [3.63, 3.8) is 0 Å². The summed E-state index contributed by atoms with van der Waals surface area (Å²) in [5.41, 5.74) is 4.14. The molecule has 0 aliphatic carbocycles. The van der Waals surface area contributed by atoms with E-state index in [1.54, 1.807) is 24.4 Å². The molecule has 7 heteroatoms. The minimum Gasteiger partial charge on any atom is -0.324 e. The minimum absolute atomic E-state index is 0.166. The summed E-state index contributed by atoms with van der Waals surface area (Å²) in [5.74, 6) is -0.0619. The average molecular weight is 397 g/mol. The van der Waals surface area contributed by atoms with E-state index >= 15 is 0 Å². The first-order chi connectivity index (χ1) is 13.0. The maximum absolute atomic E-state index is 12.3. The Hall–Kier alpha value is -2.75. The van der Waals surface area contributed by atoms with Gasteiger partial charge in [-0.25, -0.2) is 4.98 Å². The normalized spacial score (nSPS) is 10.4. The van der Waals surface area contributed by atoms with E-state index in [0.29, 0.717) is 16.3 Å². The Morgan fingerprint density at radius 3 is 2.85 bits per heavy atom. The Bertz CT molecular complexity index is 1040. The number of aromatic nitrogens is 2. The van der Waals surface area contributed by atoms with Crippen LogP contribution >= 0.6 is 23.4 Å². The number of aryl methyl sites for hydroxylation is 2. The number of benzene rings is 2. The van der Waals surface area contributed by atoms with E-state index in [-0.39, 0.29) is 11.7 Å². The Morgan fingerprint density at radius 1 is 1.30 bits per heavy atom. The largest absolute Gasteiger partial charge is 0.324 e. The van der Waals surface area contributed by atoms with Gasteiger partial charge in [0.2, 0.25) is 5.91 Å². The zero-order chi connectivity index (χ0) is 19.4. The summed E-state index contributed by atoms with van der Waals surface area (Å²) in [6, 6.07) is 13.0. The average Bonchev–Trinajstić information content (AvgIpc) is 3.08. The maximum atomic E-state index is 12.3. The standard InChI is InChI=1S/C20H17ClN4OS/c1-13-3-6-18(14(2)9-13)25-8-7-23-20(25)27-12-19(26)24-17-10-16(21)5-4-15(17)11-22/h3-10H,12H2,1-2H3,(H,24,26). The van der Waals surface area contributed by atoms with Crippen molar-refractivity contribution in [1.29, 1.82) is 5.26 Å². The number of hydrogen-bond donors (Lipinski definition) is 1. The van der Waals surface area contributed by atoms with Crippen molar-refractivity contribution in [2.75, 3.05) is 11.1 Å². The number of anilines is 1. The number of nitrogens with one attached hydrogen (secondary N) is 1. The quantitative estimate of drug-likeness (QED) is 0.632. The topological polar surface area (TPSA) is 70.7 Å². The number of nitriles is 1. The molecule has 1 N–H and O–H groups in total. The zero-order valence-corrected chi connectivity index (χ0v) is 16.4. The maximum Gasteiger partial charge on any atom is 0.234 e. The van der Waals surface area contributed by atoms with E-state index in [4.69, 9.17) is 16.9 Å². The predicted octanol–water partition coefficient (Wildman–Crippen LogP) is 4.75. The summed E-state index contributed by atoms with van der Waals surface area (Å²) in [5, 5.41) is 13.1. The van der Waals surface area contributed by atoms with Crippen LogP contribution < -0.4 is 5.32 Å². The van der Waals surface area contributed by atoms with Crippen molar-refractivity contribution in [1.82, 2.24) is 9.55 Å². The third-order valence-corrected chi connectivity index (χ3v) is 5.13. The van der Waals surface area contributed by atoms with Gasteiger partial charge in [0, 0.05) is 17.4 Å². The first-order valence-electron chi connectivity index (χ1n) is 8.21. The number of nitrogens with zero attached hydrogens (tertiary/aromatic N) is 3. The number of carbonyl (C=O) groups excluding carboxylic acids is 1. The molecule has 0 saturated carbocycles. The molecule has 0 radical (unpaired) electrons. The van der Waals surface area contributed by atoms with Crippen LogP contribution in [0.2, 0.25) is 5.02 Å². The second kappa shape index (κ2) is 8.30. The fraction of sp³-hybridized carbons (Fsp3) is 0.150. The fourth-order valence-electron chi connectivity index (χ4n) is 2.69. The van der Waals surface area contributed by atoms with Crippen molar-refractivity contribution in [2.24, 2.45) is 0 Å². The van der Waals surface area contributed by atoms with Crippen molar-refractivity contribution in [3.05, 3.63) is 70.5 Å². The highest BCUT2D eigenvalue weighted by atomic mass is 35.5. The molecule has 3 aromatic rings. The molecule has 3 rings (SSSR count). The van der Waals surface area contributed by atoms with Gasteiger partial charge in [0.05, 0.1) is 22.7 Å². The van der Waals surface area contributed by atoms with E-state index in [1.165, 1.54) is 17.3 Å². The van der Waals surface area contributed by atoms with Gasteiger partial charge in [-0.2, -0.15) is 5.26 Å². The van der Waals surface area contributed by atoms with Crippen LogP contribution in [0.1, 0.15) is 16.7 Å². The van der Waals surface area contributed by atoms with Gasteiger partial charge in [-0.15, -0.1) is 0 Å². The number of hydrogen-bond acceptors (Lipinski definition) is 4. The molecule has 136 valence electrons. The van der Waals surface area contributed by atoms with Crippen molar-refractivity contribution < 1.29 is 4.79 Å². The highest BCUT2D eigenvalue weighted by Gasteiger charge is 2.12. The van der Waals surface area contributed by atoms with Gasteiger partial charge >= 0.3 is 0 Å². The van der Waals surface area contributed by atoms with E-state index in [1.807, 2.05) is 35.9 Å². The summed E-state index contributed by atoms with van der Waals surface area (Å²) in [6.45, 7) is 4.10. The minimum atomic E-state index is -0.228. The monoisotopic (exact) mass is 396 g/mol. The van der Waals surface area contributed by atoms with Crippen molar-refractivity contribution in [2.45, 2.75) is 19.0 Å². The van der Waals surface area contributed by atoms with Gasteiger partial charge in [-0.05, 0) is 43.7 Å². The smallest absolute Gasteiger partial charge is 0.234 e. The SMILES string of the molecule is Cc1ccc(-n2ccnc2SCC(=O)Nc2cc(Cl)ccc2C#N)c(C)c1. The molecule has 0 unspecified atom stereocenters. The molecule has 0 saturated heterocycles. The van der Waals surface area contributed by atoms with Crippen LogP contribution in [0.5, 0.6) is 0 Å². The Morgan fingerprint density at radius 2 is 2.11 bits per heavy atom. The predicted molar refractivity (Wildman–Crippen MR) is 109 cm³/mol. The molecule has 0 fully saturated rings. The van der Waals surface area contributed by atoms with Crippen LogP contribution in [0.15, 0.2) is 53.9 Å². The summed E-state index contributed by atoms with van der Waals surface area (Å²) < 4.78 is 1.97. The molecule has 1 heterocycles. The van der Waals surface area contributed by atoms with Crippen molar-refractivity contribution >= 4 is 35.0 Å². The fourth-order valence-corrected chi connectivity index (χ4v) is 3.63. The highest BCUT2D eigenvalue weighted by molar-refractivity contribution is 7.99. The summed E-state index contributed by atoms with van der Waals surface area (Å²) in [6.07, 6.45) is 3.59. The van der Waals surface area contributed by atoms with Crippen LogP contribution in [0.25, 0.3) is 5.69 Å². The molecule has 27 heavy (non-hydrogen) atoms. The molecule has 0 spiro atoms. The number of halogens is 1. The van der Waals surface area contributed by atoms with Crippen LogP contribution in [-0.2, 0) is 4.79 Å². The second-order valence-corrected chi connectivity index (χ2v) is 7.39. The lowest BCUT2D eigenvalue weighted by molar-refractivity contribution is -0.113. The van der Waals surface area contributed by atoms with Gasteiger partial charge in [0.25, 0.3) is 0 Å². The molecule has 1 aromatic heterocycles. The molecule has 0 bridgehead atoms. The molecule has 0 atom stereocenters. The lowest BCUT2D eigenvalue weighted by Gasteiger charge is -2.11. The number of rotatable bonds is 5. The molecule has 0 aliphatic rings. The second-order valence-electron chi connectivity index (χ2n) is 6.01. The van der Waals surface area contributed by atoms with Gasteiger partial charge in [0.1, 0.15) is 6.07 Å². The molecule has 1 amide bonds.